The number of pyridine rings is 1. The van der Waals surface area contributed by atoms with Gasteiger partial charge in [0.25, 0.3) is 11.2 Å². The van der Waals surface area contributed by atoms with Crippen LogP contribution in [0.3, 0.4) is 0 Å². The number of H-pyrrole nitrogens is 1. The topological polar surface area (TPSA) is 163 Å². The van der Waals surface area contributed by atoms with Crippen LogP contribution in [-0.4, -0.2) is 23.0 Å². The molecule has 0 unspecified atom stereocenters. The number of benzene rings is 1. The van der Waals surface area contributed by atoms with Crippen LogP contribution in [-0.2, 0) is 0 Å². The van der Waals surface area contributed by atoms with E-state index in [1.807, 2.05) is 4.98 Å². The highest BCUT2D eigenvalue weighted by molar-refractivity contribution is 5.78. The summed E-state index contributed by atoms with van der Waals surface area (Å²) in [7, 11) is 0. The molecule has 1 fully saturated rings. The number of nitrogens with two attached hydrogens (primary N) is 1. The van der Waals surface area contributed by atoms with Crippen LogP contribution in [0.15, 0.2) is 29.1 Å². The summed E-state index contributed by atoms with van der Waals surface area (Å²) in [4.78, 5) is 23.6. The van der Waals surface area contributed by atoms with E-state index in [0.29, 0.717) is 0 Å². The van der Waals surface area contributed by atoms with Gasteiger partial charge in [-0.05, 0) is 11.4 Å². The minimum Gasteiger partial charge on any atom is -0.859 e. The second kappa shape index (κ2) is 8.42. The SMILES string of the molecule is C1CC[NH2+]C1.N#Cc1c([O-])[nH]c(=O)c(C#N)c1-c1cccc([N+](=O)[O-])c1. The van der Waals surface area contributed by atoms with Crippen LogP contribution in [0.25, 0.3) is 11.1 Å². The van der Waals surface area contributed by atoms with Crippen molar-refractivity contribution in [2.45, 2.75) is 12.8 Å². The maximum absolute atomic E-state index is 11.6. The number of hydrogen-bond acceptors (Lipinski definition) is 6. The van der Waals surface area contributed by atoms with Gasteiger partial charge in [-0.2, -0.15) is 10.5 Å². The predicted molar refractivity (Wildman–Crippen MR) is 88.9 cm³/mol. The van der Waals surface area contributed by atoms with Crippen molar-refractivity contribution in [1.29, 1.82) is 10.5 Å². The summed E-state index contributed by atoms with van der Waals surface area (Å²) < 4.78 is 0. The van der Waals surface area contributed by atoms with E-state index >= 15 is 0 Å². The van der Waals surface area contributed by atoms with Gasteiger partial charge < -0.3 is 15.4 Å². The van der Waals surface area contributed by atoms with E-state index in [9.17, 15) is 20.0 Å². The smallest absolute Gasteiger partial charge is 0.270 e. The first-order valence-corrected chi connectivity index (χ1v) is 7.83. The van der Waals surface area contributed by atoms with Crippen molar-refractivity contribution in [3.8, 4) is 29.1 Å². The fourth-order valence-corrected chi connectivity index (χ4v) is 2.58. The summed E-state index contributed by atoms with van der Waals surface area (Å²) in [5.74, 6) is -0.942. The van der Waals surface area contributed by atoms with Crippen LogP contribution in [0.2, 0.25) is 0 Å². The highest BCUT2D eigenvalue weighted by Crippen LogP contribution is 2.30. The Morgan fingerprint density at radius 2 is 1.81 bits per heavy atom. The largest absolute Gasteiger partial charge is 0.859 e. The van der Waals surface area contributed by atoms with E-state index in [2.05, 4.69) is 5.32 Å². The molecule has 0 bridgehead atoms. The summed E-state index contributed by atoms with van der Waals surface area (Å²) in [6.45, 7) is 2.75. The molecule has 1 aliphatic rings. The van der Waals surface area contributed by atoms with Crippen LogP contribution >= 0.6 is 0 Å². The zero-order chi connectivity index (χ0) is 19.1. The summed E-state index contributed by atoms with van der Waals surface area (Å²) in [6.07, 6.45) is 2.89. The number of nitro benzene ring substituents is 1. The van der Waals surface area contributed by atoms with Gasteiger partial charge in [-0.1, -0.05) is 12.1 Å². The van der Waals surface area contributed by atoms with Crippen molar-refractivity contribution >= 4 is 5.69 Å². The normalized spacial score (nSPS) is 12.4. The minimum atomic E-state index is -0.942. The lowest BCUT2D eigenvalue weighted by Crippen LogP contribution is -2.80. The number of nitrogens with one attached hydrogen (secondary N) is 1. The third-order valence-electron chi connectivity index (χ3n) is 3.82. The Morgan fingerprint density at radius 3 is 2.31 bits per heavy atom. The molecule has 132 valence electrons. The molecule has 0 spiro atoms. The average molecular weight is 353 g/mol. The lowest BCUT2D eigenvalue weighted by atomic mass is 9.97. The average Bonchev–Trinajstić information content (AvgIpc) is 3.21. The number of hydrogen-bond donors (Lipinski definition) is 2. The molecule has 1 aromatic carbocycles. The lowest BCUT2D eigenvalue weighted by Gasteiger charge is -2.13. The highest BCUT2D eigenvalue weighted by atomic mass is 16.6. The number of nitro groups is 1. The molecule has 2 aromatic rings. The first kappa shape index (κ1) is 18.6. The molecule has 9 nitrogen and oxygen atoms in total. The maximum Gasteiger partial charge on any atom is 0.270 e. The number of nitrogens with zero attached hydrogens (tertiary/aromatic N) is 3. The number of aromatic amines is 1. The third kappa shape index (κ3) is 4.04. The number of non-ortho nitro benzene ring substituents is 1. The van der Waals surface area contributed by atoms with Crippen molar-refractivity contribution in [3.63, 3.8) is 0 Å². The van der Waals surface area contributed by atoms with Crippen molar-refractivity contribution in [2.75, 3.05) is 13.1 Å². The standard InChI is InChI=1S/C13H6N4O4.C4H9N/c14-5-9-11(10(6-15)13(19)16-12(9)18)7-2-1-3-8(4-7)17(20)21;1-2-4-5-3-1/h1-4H,(H2,16,18,19);5H,1-4H2. The maximum atomic E-state index is 11.6. The summed E-state index contributed by atoms with van der Waals surface area (Å²) >= 11 is 0. The third-order valence-corrected chi connectivity index (χ3v) is 3.82. The van der Waals surface area contributed by atoms with E-state index in [0.717, 1.165) is 6.07 Å². The molecule has 0 saturated carbocycles. The fourth-order valence-electron chi connectivity index (χ4n) is 2.58. The fraction of sp³-hybridized carbons (Fsp3) is 0.235. The van der Waals surface area contributed by atoms with Gasteiger partial charge in [0.05, 0.1) is 23.6 Å². The van der Waals surface area contributed by atoms with Gasteiger partial charge in [-0.3, -0.25) is 14.9 Å². The first-order valence-electron chi connectivity index (χ1n) is 7.83. The Bertz CT molecular complexity index is 957. The number of nitriles is 2. The first-order chi connectivity index (χ1) is 12.5. The van der Waals surface area contributed by atoms with Crippen LogP contribution in [0.4, 0.5) is 5.69 Å². The Labute approximate surface area is 148 Å². The molecular formula is C17H15N5O4. The summed E-state index contributed by atoms with van der Waals surface area (Å²) in [5.41, 5.74) is -2.22. The van der Waals surface area contributed by atoms with Crippen molar-refractivity contribution < 1.29 is 15.3 Å². The van der Waals surface area contributed by atoms with E-state index in [1.54, 1.807) is 12.1 Å². The van der Waals surface area contributed by atoms with Gasteiger partial charge in [-0.15, -0.1) is 0 Å². The minimum absolute atomic E-state index is 0.0838. The second-order valence-electron chi connectivity index (χ2n) is 5.51. The van der Waals surface area contributed by atoms with E-state index < -0.39 is 27.5 Å². The molecule has 1 aliphatic heterocycles. The van der Waals surface area contributed by atoms with Gasteiger partial charge in [0.1, 0.15) is 17.7 Å². The Balaban J connectivity index is 0.000000417. The molecule has 0 amide bonds. The van der Waals surface area contributed by atoms with Crippen molar-refractivity contribution in [2.24, 2.45) is 0 Å². The van der Waals surface area contributed by atoms with E-state index in [1.165, 1.54) is 44.1 Å². The van der Waals surface area contributed by atoms with Gasteiger partial charge in [-0.25, -0.2) is 0 Å². The quantitative estimate of drug-likeness (QED) is 0.574. The highest BCUT2D eigenvalue weighted by Gasteiger charge is 2.17. The van der Waals surface area contributed by atoms with Crippen LogP contribution in [0.5, 0.6) is 5.88 Å². The van der Waals surface area contributed by atoms with Gasteiger partial charge in [0.2, 0.25) is 0 Å². The molecule has 3 rings (SSSR count). The molecular weight excluding hydrogens is 338 g/mol. The number of rotatable bonds is 2. The van der Waals surface area contributed by atoms with Crippen LogP contribution < -0.4 is 16.0 Å². The second-order valence-corrected chi connectivity index (χ2v) is 5.51. The monoisotopic (exact) mass is 353 g/mol. The van der Waals surface area contributed by atoms with Gasteiger partial charge in [0, 0.05) is 30.5 Å². The van der Waals surface area contributed by atoms with Crippen molar-refractivity contribution in [1.82, 2.24) is 4.98 Å². The zero-order valence-corrected chi connectivity index (χ0v) is 13.7. The molecule has 1 saturated heterocycles. The predicted octanol–water partition coefficient (Wildman–Crippen LogP) is 0.111. The molecule has 3 N–H and O–H groups in total. The molecule has 2 heterocycles. The molecule has 0 radical (unpaired) electrons. The Morgan fingerprint density at radius 1 is 1.15 bits per heavy atom. The molecule has 9 heteroatoms. The number of quaternary nitrogens is 1. The van der Waals surface area contributed by atoms with E-state index in [-0.39, 0.29) is 16.8 Å². The van der Waals surface area contributed by atoms with Crippen LogP contribution in [0, 0.1) is 32.8 Å². The van der Waals surface area contributed by atoms with Crippen LogP contribution in [0.1, 0.15) is 24.0 Å². The molecule has 1 aromatic heterocycles. The Kier molecular flexibility index (Phi) is 6.04. The van der Waals surface area contributed by atoms with E-state index in [4.69, 9.17) is 10.5 Å². The molecule has 0 aliphatic carbocycles. The van der Waals surface area contributed by atoms with Gasteiger partial charge in [0.15, 0.2) is 0 Å². The summed E-state index contributed by atoms with van der Waals surface area (Å²) in [5, 5.41) is 42.8. The summed E-state index contributed by atoms with van der Waals surface area (Å²) in [6, 6.07) is 8.24. The molecule has 0 atom stereocenters. The molecule has 26 heavy (non-hydrogen) atoms. The van der Waals surface area contributed by atoms with Gasteiger partial charge >= 0.3 is 0 Å². The lowest BCUT2D eigenvalue weighted by molar-refractivity contribution is -0.635. The Hall–Kier alpha value is -3.69. The van der Waals surface area contributed by atoms with Crippen molar-refractivity contribution in [3.05, 3.63) is 55.9 Å². The number of aromatic nitrogens is 1. The zero-order valence-electron chi connectivity index (χ0n) is 13.7.